The minimum Gasteiger partial charge on any atom is -0.352 e. The van der Waals surface area contributed by atoms with Crippen LogP contribution in [0.1, 0.15) is 25.8 Å². The number of aromatic nitrogens is 2. The number of hydrogen-bond donors (Lipinski definition) is 2. The standard InChI is InChI=1S/C13H14FN3OS/c1-7(12(18)15-9-3-4-9)17-11-5-2-8(14)6-10(11)16-13(17)19/h2,5-7,9H,3-4H2,1H3,(H,15,18)(H,16,19). The number of benzene rings is 1. The highest BCUT2D eigenvalue weighted by atomic mass is 32.1. The molecule has 0 radical (unpaired) electrons. The molecule has 0 bridgehead atoms. The molecule has 1 unspecified atom stereocenters. The van der Waals surface area contributed by atoms with Gasteiger partial charge in [-0.25, -0.2) is 4.39 Å². The second-order valence-corrected chi connectivity index (χ2v) is 5.31. The number of carbonyl (C=O) groups is 1. The van der Waals surface area contributed by atoms with E-state index in [4.69, 9.17) is 12.2 Å². The molecule has 1 fully saturated rings. The third-order valence-electron chi connectivity index (χ3n) is 3.37. The van der Waals surface area contributed by atoms with Crippen molar-refractivity contribution in [3.8, 4) is 0 Å². The normalized spacial score (nSPS) is 16.5. The van der Waals surface area contributed by atoms with E-state index in [-0.39, 0.29) is 11.7 Å². The van der Waals surface area contributed by atoms with Crippen LogP contribution in [0.3, 0.4) is 0 Å². The number of nitrogens with zero attached hydrogens (tertiary/aromatic N) is 1. The van der Waals surface area contributed by atoms with Gasteiger partial charge in [0.15, 0.2) is 4.77 Å². The first-order chi connectivity index (χ1) is 9.06. The molecular formula is C13H14FN3OS. The molecule has 1 aliphatic carbocycles. The van der Waals surface area contributed by atoms with E-state index in [1.165, 1.54) is 12.1 Å². The first kappa shape index (κ1) is 12.3. The first-order valence-corrected chi connectivity index (χ1v) is 6.67. The molecule has 100 valence electrons. The molecule has 1 saturated carbocycles. The van der Waals surface area contributed by atoms with Crippen LogP contribution in [0, 0.1) is 10.6 Å². The number of aromatic amines is 1. The van der Waals surface area contributed by atoms with Crippen molar-refractivity contribution in [3.63, 3.8) is 0 Å². The van der Waals surface area contributed by atoms with Crippen LogP contribution in [0.2, 0.25) is 0 Å². The molecule has 19 heavy (non-hydrogen) atoms. The molecule has 1 amide bonds. The van der Waals surface area contributed by atoms with Gasteiger partial charge in [-0.2, -0.15) is 0 Å². The largest absolute Gasteiger partial charge is 0.352 e. The van der Waals surface area contributed by atoms with E-state index in [0.717, 1.165) is 18.4 Å². The fourth-order valence-electron chi connectivity index (χ4n) is 2.15. The molecule has 0 aliphatic heterocycles. The molecule has 2 N–H and O–H groups in total. The summed E-state index contributed by atoms with van der Waals surface area (Å²) in [7, 11) is 0. The van der Waals surface area contributed by atoms with Gasteiger partial charge in [0.2, 0.25) is 5.91 Å². The molecule has 1 aliphatic rings. The van der Waals surface area contributed by atoms with Gasteiger partial charge in [0.1, 0.15) is 11.9 Å². The summed E-state index contributed by atoms with van der Waals surface area (Å²) in [5.74, 6) is -0.380. The SMILES string of the molecule is CC(C(=O)NC1CC1)n1c(=S)[nH]c2cc(F)ccc21. The van der Waals surface area contributed by atoms with Crippen molar-refractivity contribution in [3.05, 3.63) is 28.8 Å². The highest BCUT2D eigenvalue weighted by Gasteiger charge is 2.27. The predicted molar refractivity (Wildman–Crippen MR) is 73.0 cm³/mol. The van der Waals surface area contributed by atoms with Gasteiger partial charge in [-0.05, 0) is 50.2 Å². The molecule has 2 aromatic rings. The van der Waals surface area contributed by atoms with Gasteiger partial charge < -0.3 is 14.9 Å². The van der Waals surface area contributed by atoms with Gasteiger partial charge >= 0.3 is 0 Å². The second kappa shape index (κ2) is 4.45. The fourth-order valence-corrected chi connectivity index (χ4v) is 2.52. The van der Waals surface area contributed by atoms with Crippen LogP contribution in [0.5, 0.6) is 0 Å². The summed E-state index contributed by atoms with van der Waals surface area (Å²) >= 11 is 5.23. The number of hydrogen-bond acceptors (Lipinski definition) is 2. The Kier molecular flexibility index (Phi) is 2.89. The zero-order chi connectivity index (χ0) is 13.6. The molecule has 3 rings (SSSR count). The monoisotopic (exact) mass is 279 g/mol. The van der Waals surface area contributed by atoms with Gasteiger partial charge in [0.25, 0.3) is 0 Å². The van der Waals surface area contributed by atoms with Crippen LogP contribution in [0.4, 0.5) is 4.39 Å². The lowest BCUT2D eigenvalue weighted by Crippen LogP contribution is -2.32. The van der Waals surface area contributed by atoms with Crippen LogP contribution < -0.4 is 5.32 Å². The third-order valence-corrected chi connectivity index (χ3v) is 3.67. The van der Waals surface area contributed by atoms with E-state index >= 15 is 0 Å². The topological polar surface area (TPSA) is 49.8 Å². The van der Waals surface area contributed by atoms with Gasteiger partial charge in [0.05, 0.1) is 11.0 Å². The minimum absolute atomic E-state index is 0.0520. The van der Waals surface area contributed by atoms with Gasteiger partial charge in [-0.3, -0.25) is 4.79 Å². The maximum absolute atomic E-state index is 13.2. The molecule has 1 heterocycles. The van der Waals surface area contributed by atoms with Crippen molar-refractivity contribution in [1.82, 2.24) is 14.9 Å². The zero-order valence-electron chi connectivity index (χ0n) is 10.4. The van der Waals surface area contributed by atoms with E-state index in [1.54, 1.807) is 17.6 Å². The Balaban J connectivity index is 2.01. The molecule has 4 nitrogen and oxygen atoms in total. The molecule has 0 spiro atoms. The van der Waals surface area contributed by atoms with Crippen molar-refractivity contribution < 1.29 is 9.18 Å². The molecule has 6 heteroatoms. The van der Waals surface area contributed by atoms with Crippen LogP contribution >= 0.6 is 12.2 Å². The molecule has 0 saturated heterocycles. The van der Waals surface area contributed by atoms with Crippen molar-refractivity contribution in [1.29, 1.82) is 0 Å². The number of H-pyrrole nitrogens is 1. The summed E-state index contributed by atoms with van der Waals surface area (Å²) in [4.78, 5) is 15.0. The Labute approximate surface area is 114 Å². The number of rotatable bonds is 3. The molecule has 1 aromatic heterocycles. The lowest BCUT2D eigenvalue weighted by atomic mass is 10.2. The van der Waals surface area contributed by atoms with E-state index in [2.05, 4.69) is 10.3 Å². The maximum Gasteiger partial charge on any atom is 0.243 e. The fraction of sp³-hybridized carbons (Fsp3) is 0.385. The minimum atomic E-state index is -0.410. The molecule has 1 aromatic carbocycles. The number of carbonyl (C=O) groups excluding carboxylic acids is 1. The van der Waals surface area contributed by atoms with E-state index in [9.17, 15) is 9.18 Å². The Morgan fingerprint density at radius 2 is 2.32 bits per heavy atom. The van der Waals surface area contributed by atoms with Crippen molar-refractivity contribution in [2.75, 3.05) is 0 Å². The van der Waals surface area contributed by atoms with E-state index in [0.29, 0.717) is 16.3 Å². The van der Waals surface area contributed by atoms with Gasteiger partial charge in [-0.1, -0.05) is 0 Å². The van der Waals surface area contributed by atoms with Crippen LogP contribution in [0.25, 0.3) is 11.0 Å². The molecule has 1 atom stereocenters. The first-order valence-electron chi connectivity index (χ1n) is 6.26. The summed E-state index contributed by atoms with van der Waals surface area (Å²) in [6.45, 7) is 1.80. The van der Waals surface area contributed by atoms with Gasteiger partial charge in [0, 0.05) is 6.04 Å². The highest BCUT2D eigenvalue weighted by molar-refractivity contribution is 7.71. The summed E-state index contributed by atoms with van der Waals surface area (Å²) in [6, 6.07) is 4.29. The lowest BCUT2D eigenvalue weighted by Gasteiger charge is -2.14. The van der Waals surface area contributed by atoms with Crippen molar-refractivity contribution in [2.45, 2.75) is 31.8 Å². The quantitative estimate of drug-likeness (QED) is 0.849. The van der Waals surface area contributed by atoms with Crippen molar-refractivity contribution in [2.24, 2.45) is 0 Å². The molecular weight excluding hydrogens is 265 g/mol. The summed E-state index contributed by atoms with van der Waals surface area (Å²) in [5, 5.41) is 2.95. The Hall–Kier alpha value is -1.69. The van der Waals surface area contributed by atoms with Gasteiger partial charge in [-0.15, -0.1) is 0 Å². The number of imidazole rings is 1. The second-order valence-electron chi connectivity index (χ2n) is 4.92. The maximum atomic E-state index is 13.2. The average Bonchev–Trinajstić information content (AvgIpc) is 3.10. The Morgan fingerprint density at radius 1 is 1.58 bits per heavy atom. The number of amides is 1. The summed E-state index contributed by atoms with van der Waals surface area (Å²) < 4.78 is 15.3. The number of fused-ring (bicyclic) bond motifs is 1. The third kappa shape index (κ3) is 2.28. The summed E-state index contributed by atoms with van der Waals surface area (Å²) in [6.07, 6.45) is 2.09. The number of halogens is 1. The van der Waals surface area contributed by atoms with Crippen LogP contribution in [0.15, 0.2) is 18.2 Å². The average molecular weight is 279 g/mol. The van der Waals surface area contributed by atoms with E-state index in [1.807, 2.05) is 0 Å². The number of nitrogens with one attached hydrogen (secondary N) is 2. The lowest BCUT2D eigenvalue weighted by molar-refractivity contribution is -0.123. The van der Waals surface area contributed by atoms with E-state index < -0.39 is 6.04 Å². The van der Waals surface area contributed by atoms with Crippen molar-refractivity contribution >= 4 is 29.2 Å². The predicted octanol–water partition coefficient (Wildman–Crippen LogP) is 2.68. The van der Waals surface area contributed by atoms with Crippen LogP contribution in [-0.4, -0.2) is 21.5 Å². The Bertz CT molecular complexity index is 701. The smallest absolute Gasteiger partial charge is 0.243 e. The highest BCUT2D eigenvalue weighted by Crippen LogP contribution is 2.23. The van der Waals surface area contributed by atoms with Crippen LogP contribution in [-0.2, 0) is 4.79 Å². The summed E-state index contributed by atoms with van der Waals surface area (Å²) in [5.41, 5.74) is 1.35. The Morgan fingerprint density at radius 3 is 3.00 bits per heavy atom. The zero-order valence-corrected chi connectivity index (χ0v) is 11.3.